The van der Waals surface area contributed by atoms with E-state index in [1.807, 2.05) is 0 Å². The standard InChI is InChI=1S/C30H50O2/c1-23(15-11-17-25(3)19-21-27-29(5,6)31-27)13-9-10-14-24(2)16-12-18-26(4)20-22-28-30(7,8)32-28/h13-14,17-18,27-28H,9-12,15-16,19-22H2,1-8H3/t27-,28-/m0/s1. The maximum Gasteiger partial charge on any atom is 0.0892 e. The van der Waals surface area contributed by atoms with Crippen molar-refractivity contribution in [3.63, 3.8) is 0 Å². The van der Waals surface area contributed by atoms with E-state index in [9.17, 15) is 0 Å². The summed E-state index contributed by atoms with van der Waals surface area (Å²) in [4.78, 5) is 0. The predicted octanol–water partition coefficient (Wildman–Crippen LogP) is 9.03. The zero-order chi connectivity index (χ0) is 23.8. The number of hydrogen-bond acceptors (Lipinski definition) is 2. The lowest BCUT2D eigenvalue weighted by molar-refractivity contribution is 0.319. The van der Waals surface area contributed by atoms with Gasteiger partial charge in [-0.25, -0.2) is 0 Å². The van der Waals surface area contributed by atoms with Crippen LogP contribution in [0.2, 0.25) is 0 Å². The smallest absolute Gasteiger partial charge is 0.0892 e. The lowest BCUT2D eigenvalue weighted by atomic mass is 10.0. The minimum absolute atomic E-state index is 0.130. The first-order chi connectivity index (χ1) is 15.0. The van der Waals surface area contributed by atoms with Crippen LogP contribution in [0.5, 0.6) is 0 Å². The summed E-state index contributed by atoms with van der Waals surface area (Å²) in [5, 5.41) is 0. The van der Waals surface area contributed by atoms with Crippen LogP contribution in [0.3, 0.4) is 0 Å². The Bertz CT molecular complexity index is 655. The zero-order valence-corrected chi connectivity index (χ0v) is 22.4. The first-order valence-electron chi connectivity index (χ1n) is 13.0. The van der Waals surface area contributed by atoms with Gasteiger partial charge in [0.2, 0.25) is 0 Å². The molecule has 0 N–H and O–H groups in total. The zero-order valence-electron chi connectivity index (χ0n) is 22.4. The van der Waals surface area contributed by atoms with Crippen LogP contribution in [0.25, 0.3) is 0 Å². The van der Waals surface area contributed by atoms with Crippen molar-refractivity contribution >= 4 is 0 Å². The van der Waals surface area contributed by atoms with Gasteiger partial charge < -0.3 is 9.47 Å². The van der Waals surface area contributed by atoms with E-state index in [-0.39, 0.29) is 11.2 Å². The van der Waals surface area contributed by atoms with Gasteiger partial charge in [-0.05, 0) is 120 Å². The number of unbranched alkanes of at least 4 members (excludes halogenated alkanes) is 1. The summed E-state index contributed by atoms with van der Waals surface area (Å²) in [6, 6.07) is 0. The first-order valence-corrected chi connectivity index (χ1v) is 13.0. The van der Waals surface area contributed by atoms with E-state index < -0.39 is 0 Å². The van der Waals surface area contributed by atoms with Gasteiger partial charge in [0, 0.05) is 0 Å². The molecule has 2 nitrogen and oxygen atoms in total. The van der Waals surface area contributed by atoms with Crippen molar-refractivity contribution in [2.75, 3.05) is 0 Å². The summed E-state index contributed by atoms with van der Waals surface area (Å²) in [6.07, 6.45) is 22.3. The minimum atomic E-state index is 0.130. The van der Waals surface area contributed by atoms with Gasteiger partial charge in [0.15, 0.2) is 0 Å². The van der Waals surface area contributed by atoms with Gasteiger partial charge in [0.25, 0.3) is 0 Å². The van der Waals surface area contributed by atoms with Crippen LogP contribution in [-0.2, 0) is 9.47 Å². The number of rotatable bonds is 15. The van der Waals surface area contributed by atoms with E-state index >= 15 is 0 Å². The molecular formula is C30H50O2. The maximum atomic E-state index is 5.68. The van der Waals surface area contributed by atoms with Crippen molar-refractivity contribution in [3.05, 3.63) is 46.6 Å². The summed E-state index contributed by atoms with van der Waals surface area (Å²) < 4.78 is 11.4. The van der Waals surface area contributed by atoms with Gasteiger partial charge in [-0.15, -0.1) is 0 Å². The van der Waals surface area contributed by atoms with E-state index in [4.69, 9.17) is 9.47 Å². The second-order valence-electron chi connectivity index (χ2n) is 11.4. The molecule has 2 heteroatoms. The second kappa shape index (κ2) is 12.4. The van der Waals surface area contributed by atoms with Crippen LogP contribution in [0.4, 0.5) is 0 Å². The van der Waals surface area contributed by atoms with Crippen molar-refractivity contribution < 1.29 is 9.47 Å². The average molecular weight is 443 g/mol. The van der Waals surface area contributed by atoms with E-state index in [0.29, 0.717) is 12.2 Å². The van der Waals surface area contributed by atoms with Gasteiger partial charge in [0.1, 0.15) is 0 Å². The molecule has 0 aromatic rings. The summed E-state index contributed by atoms with van der Waals surface area (Å²) in [5.74, 6) is 0. The third kappa shape index (κ3) is 10.7. The Morgan fingerprint density at radius 1 is 0.531 bits per heavy atom. The third-order valence-corrected chi connectivity index (χ3v) is 7.15. The van der Waals surface area contributed by atoms with E-state index in [0.717, 1.165) is 25.7 Å². The van der Waals surface area contributed by atoms with Gasteiger partial charge in [-0.3, -0.25) is 0 Å². The molecule has 32 heavy (non-hydrogen) atoms. The maximum absolute atomic E-state index is 5.68. The summed E-state index contributed by atoms with van der Waals surface area (Å²) in [6.45, 7) is 17.8. The minimum Gasteiger partial charge on any atom is -0.367 e. The normalized spacial score (nSPS) is 25.2. The van der Waals surface area contributed by atoms with E-state index in [2.05, 4.69) is 79.7 Å². The topological polar surface area (TPSA) is 25.1 Å². The molecule has 2 atom stereocenters. The molecule has 0 aliphatic carbocycles. The highest BCUT2D eigenvalue weighted by atomic mass is 16.6. The second-order valence-corrected chi connectivity index (χ2v) is 11.4. The van der Waals surface area contributed by atoms with Crippen LogP contribution >= 0.6 is 0 Å². The van der Waals surface area contributed by atoms with Crippen LogP contribution in [0.1, 0.15) is 120 Å². The molecule has 2 rings (SSSR count). The van der Waals surface area contributed by atoms with E-state index in [1.165, 1.54) is 60.8 Å². The van der Waals surface area contributed by atoms with Crippen molar-refractivity contribution in [1.82, 2.24) is 0 Å². The molecular weight excluding hydrogens is 392 g/mol. The molecule has 2 fully saturated rings. The van der Waals surface area contributed by atoms with Crippen LogP contribution in [0.15, 0.2) is 46.6 Å². The largest absolute Gasteiger partial charge is 0.367 e. The predicted molar refractivity (Wildman–Crippen MR) is 139 cm³/mol. The molecule has 0 amide bonds. The quantitative estimate of drug-likeness (QED) is 0.143. The molecule has 182 valence electrons. The van der Waals surface area contributed by atoms with Gasteiger partial charge in [-0.2, -0.15) is 0 Å². The van der Waals surface area contributed by atoms with Crippen LogP contribution in [-0.4, -0.2) is 23.4 Å². The molecule has 2 aliphatic rings. The van der Waals surface area contributed by atoms with Gasteiger partial charge >= 0.3 is 0 Å². The van der Waals surface area contributed by atoms with Crippen molar-refractivity contribution in [3.8, 4) is 0 Å². The molecule has 0 aromatic heterocycles. The molecule has 0 radical (unpaired) electrons. The highest BCUT2D eigenvalue weighted by Crippen LogP contribution is 2.39. The summed E-state index contributed by atoms with van der Waals surface area (Å²) in [7, 11) is 0. The first kappa shape index (κ1) is 27.1. The van der Waals surface area contributed by atoms with E-state index in [1.54, 1.807) is 0 Å². The Morgan fingerprint density at radius 3 is 1.12 bits per heavy atom. The monoisotopic (exact) mass is 442 g/mol. The Balaban J connectivity index is 1.52. The third-order valence-electron chi connectivity index (χ3n) is 7.15. The Morgan fingerprint density at radius 2 is 0.812 bits per heavy atom. The lowest BCUT2D eigenvalue weighted by Gasteiger charge is -2.03. The van der Waals surface area contributed by atoms with Gasteiger partial charge in [0.05, 0.1) is 23.4 Å². The number of ether oxygens (including phenoxy) is 2. The number of hydrogen-bond donors (Lipinski definition) is 0. The highest BCUT2D eigenvalue weighted by molar-refractivity contribution is 5.08. The van der Waals surface area contributed by atoms with Crippen molar-refractivity contribution in [1.29, 1.82) is 0 Å². The molecule has 2 heterocycles. The molecule has 2 aliphatic heterocycles. The lowest BCUT2D eigenvalue weighted by Crippen LogP contribution is -2.02. The van der Waals surface area contributed by atoms with Gasteiger partial charge in [-0.1, -0.05) is 46.6 Å². The Labute approximate surface area is 199 Å². The number of allylic oxidation sites excluding steroid dienone is 8. The fourth-order valence-electron chi connectivity index (χ4n) is 4.36. The molecule has 0 aromatic carbocycles. The molecule has 0 unspecified atom stereocenters. The van der Waals surface area contributed by atoms with Crippen molar-refractivity contribution in [2.24, 2.45) is 0 Å². The molecule has 0 saturated carbocycles. The summed E-state index contributed by atoms with van der Waals surface area (Å²) >= 11 is 0. The molecule has 0 spiro atoms. The fourth-order valence-corrected chi connectivity index (χ4v) is 4.36. The molecule has 0 bridgehead atoms. The van der Waals surface area contributed by atoms with Crippen molar-refractivity contribution in [2.45, 2.75) is 143 Å². The summed E-state index contributed by atoms with van der Waals surface area (Å²) in [5.41, 5.74) is 6.32. The highest BCUT2D eigenvalue weighted by Gasteiger charge is 2.47. The Kier molecular flexibility index (Phi) is 10.5. The van der Waals surface area contributed by atoms with Crippen LogP contribution in [0, 0.1) is 0 Å². The van der Waals surface area contributed by atoms with Crippen LogP contribution < -0.4 is 0 Å². The SMILES string of the molecule is CC(=CCCC=C(C)CCC=C(C)CC[C@@H]1OC1(C)C)CCC=C(C)CC[C@@H]1OC1(C)C. The Hall–Kier alpha value is -1.12. The molecule has 2 saturated heterocycles. The number of epoxide rings is 2. The average Bonchev–Trinajstić information content (AvgIpc) is 3.54. The fraction of sp³-hybridized carbons (Fsp3) is 0.733.